The van der Waals surface area contributed by atoms with Crippen LogP contribution in [0.5, 0.6) is 0 Å². The Morgan fingerprint density at radius 2 is 1.05 bits per heavy atom. The van der Waals surface area contributed by atoms with Gasteiger partial charge >= 0.3 is 41.5 Å². The number of halogens is 10. The molecule has 0 atom stereocenters. The maximum absolute atomic E-state index is 13.4. The summed E-state index contributed by atoms with van der Waals surface area (Å²) in [4.78, 5) is 0. The minimum atomic E-state index is -6.42. The summed E-state index contributed by atoms with van der Waals surface area (Å²) in [6.07, 6.45) is -3.15. The molecule has 0 radical (unpaired) electrons. The van der Waals surface area contributed by atoms with Crippen LogP contribution < -0.4 is 0 Å². The Hall–Kier alpha value is -1.36. The average Bonchev–Trinajstić information content (AvgIpc) is 2.53. The van der Waals surface area contributed by atoms with Crippen LogP contribution >= 0.6 is 0 Å². The first kappa shape index (κ1) is 15.0. The zero-order chi connectivity index (χ0) is 15.8. The van der Waals surface area contributed by atoms with Gasteiger partial charge in [0.15, 0.2) is 0 Å². The Kier molecular flexibility index (Phi) is 2.59. The number of ether oxygens (including phenoxy) is 2. The molecule has 0 N–H and O–H groups in total. The highest BCUT2D eigenvalue weighted by Crippen LogP contribution is 2.66. The number of hydrogen-bond donors (Lipinski definition) is 0. The first-order chi connectivity index (χ1) is 8.72. The summed E-state index contributed by atoms with van der Waals surface area (Å²) >= 11 is 0. The van der Waals surface area contributed by atoms with Crippen LogP contribution in [0, 0.1) is 0 Å². The van der Waals surface area contributed by atoms with Gasteiger partial charge < -0.3 is 9.47 Å². The molecule has 116 valence electrons. The Bertz CT molecular complexity index is 468. The van der Waals surface area contributed by atoms with Gasteiger partial charge in [-0.15, -0.1) is 0 Å². The fourth-order valence-corrected chi connectivity index (χ4v) is 1.80. The second-order valence-electron chi connectivity index (χ2n) is 4.10. The van der Waals surface area contributed by atoms with Crippen molar-refractivity contribution in [3.8, 4) is 0 Å². The molecule has 2 aliphatic rings. The van der Waals surface area contributed by atoms with Gasteiger partial charge in [0, 0.05) is 0 Å². The van der Waals surface area contributed by atoms with Crippen LogP contribution in [-0.4, -0.2) is 29.5 Å². The minimum absolute atomic E-state index is 2.77. The molecule has 2 rings (SSSR count). The highest BCUT2D eigenvalue weighted by atomic mass is 19.3. The molecule has 2 nitrogen and oxygen atoms in total. The van der Waals surface area contributed by atoms with Gasteiger partial charge in [-0.3, -0.25) is 0 Å². The Labute approximate surface area is 102 Å². The zero-order valence-electron chi connectivity index (χ0n) is 8.80. The second-order valence-corrected chi connectivity index (χ2v) is 4.10. The number of hydrogen-bond acceptors (Lipinski definition) is 2. The van der Waals surface area contributed by atoms with E-state index in [0.29, 0.717) is 0 Å². The lowest BCUT2D eigenvalue weighted by atomic mass is 9.80. The molecule has 1 heterocycles. The summed E-state index contributed by atoms with van der Waals surface area (Å²) in [6, 6.07) is -5.55. The van der Waals surface area contributed by atoms with Gasteiger partial charge in [0.1, 0.15) is 0 Å². The molecular weight excluding hydrogens is 318 g/mol. The number of rotatable bonds is 0. The van der Waals surface area contributed by atoms with E-state index in [1.165, 1.54) is 0 Å². The van der Waals surface area contributed by atoms with Gasteiger partial charge in [0.2, 0.25) is 0 Å². The predicted molar refractivity (Wildman–Crippen MR) is 38.5 cm³/mol. The van der Waals surface area contributed by atoms with E-state index in [2.05, 4.69) is 9.47 Å². The molecule has 1 aliphatic heterocycles. The normalized spacial score (nSPS) is 31.9. The van der Waals surface area contributed by atoms with Crippen LogP contribution in [0.4, 0.5) is 43.9 Å². The molecular formula is C8H2F10O2. The largest absolute Gasteiger partial charge is 0.412 e. The molecule has 1 aliphatic carbocycles. The van der Waals surface area contributed by atoms with Crippen molar-refractivity contribution in [3.05, 3.63) is 12.0 Å². The van der Waals surface area contributed by atoms with E-state index in [4.69, 9.17) is 0 Å². The van der Waals surface area contributed by atoms with Crippen molar-refractivity contribution >= 4 is 0 Å². The van der Waals surface area contributed by atoms with Crippen molar-refractivity contribution in [1.82, 2.24) is 0 Å². The van der Waals surface area contributed by atoms with Crippen LogP contribution in [0.15, 0.2) is 12.0 Å². The van der Waals surface area contributed by atoms with Crippen molar-refractivity contribution in [2.45, 2.75) is 35.9 Å². The van der Waals surface area contributed by atoms with Gasteiger partial charge in [-0.2, -0.15) is 43.9 Å². The molecule has 0 bridgehead atoms. The zero-order valence-corrected chi connectivity index (χ0v) is 8.80. The van der Waals surface area contributed by atoms with E-state index in [0.717, 1.165) is 0 Å². The number of alkyl halides is 8. The van der Waals surface area contributed by atoms with Crippen LogP contribution in [-0.2, 0) is 9.47 Å². The molecule has 12 heteroatoms. The summed E-state index contributed by atoms with van der Waals surface area (Å²) < 4.78 is 136. The van der Waals surface area contributed by atoms with Gasteiger partial charge in [-0.1, -0.05) is 0 Å². The first-order valence-electron chi connectivity index (χ1n) is 4.66. The van der Waals surface area contributed by atoms with E-state index >= 15 is 0 Å². The Balaban J connectivity index is 2.63. The van der Waals surface area contributed by atoms with Crippen molar-refractivity contribution in [2.75, 3.05) is 0 Å². The van der Waals surface area contributed by atoms with E-state index < -0.39 is 47.9 Å². The highest BCUT2D eigenvalue weighted by molar-refractivity contribution is 5.20. The quantitative estimate of drug-likeness (QED) is 0.633. The summed E-state index contributed by atoms with van der Waals surface area (Å²) in [7, 11) is 0. The van der Waals surface area contributed by atoms with E-state index in [9.17, 15) is 43.9 Å². The third-order valence-corrected chi connectivity index (χ3v) is 2.81. The fourth-order valence-electron chi connectivity index (χ4n) is 1.80. The molecule has 0 aromatic carbocycles. The fraction of sp³-hybridized carbons (Fsp3) is 0.750. The molecule has 1 saturated carbocycles. The lowest BCUT2D eigenvalue weighted by molar-refractivity contribution is -0.477. The van der Waals surface area contributed by atoms with E-state index in [1.54, 1.807) is 0 Å². The molecule has 1 fully saturated rings. The molecule has 20 heavy (non-hydrogen) atoms. The van der Waals surface area contributed by atoms with Crippen LogP contribution in [0.2, 0.25) is 0 Å². The SMILES string of the molecule is FC1=C(F)OC2(O1)C(F)(F)CC(F)(F)C(F)(F)C2(F)F. The molecule has 0 amide bonds. The Morgan fingerprint density at radius 1 is 0.650 bits per heavy atom. The van der Waals surface area contributed by atoms with Crippen molar-refractivity contribution < 1.29 is 53.4 Å². The van der Waals surface area contributed by atoms with Gasteiger partial charge in [0.05, 0.1) is 6.42 Å². The smallest absolute Gasteiger partial charge is 0.397 e. The van der Waals surface area contributed by atoms with Crippen molar-refractivity contribution in [1.29, 1.82) is 0 Å². The molecule has 0 saturated heterocycles. The third kappa shape index (κ3) is 1.36. The van der Waals surface area contributed by atoms with Crippen LogP contribution in [0.25, 0.3) is 0 Å². The lowest BCUT2D eigenvalue weighted by Crippen LogP contribution is -2.77. The maximum atomic E-state index is 13.4. The van der Waals surface area contributed by atoms with Crippen LogP contribution in [0.1, 0.15) is 6.42 Å². The van der Waals surface area contributed by atoms with E-state index in [1.807, 2.05) is 0 Å². The highest BCUT2D eigenvalue weighted by Gasteiger charge is 2.94. The van der Waals surface area contributed by atoms with Gasteiger partial charge in [0.25, 0.3) is 0 Å². The average molecular weight is 320 g/mol. The molecule has 1 spiro atoms. The van der Waals surface area contributed by atoms with Crippen LogP contribution in [0.3, 0.4) is 0 Å². The summed E-state index contributed by atoms with van der Waals surface area (Å²) in [5, 5.41) is 0. The van der Waals surface area contributed by atoms with E-state index in [-0.39, 0.29) is 0 Å². The minimum Gasteiger partial charge on any atom is -0.412 e. The van der Waals surface area contributed by atoms with Gasteiger partial charge in [-0.05, 0) is 0 Å². The molecule has 0 aromatic rings. The van der Waals surface area contributed by atoms with Gasteiger partial charge in [-0.25, -0.2) is 0 Å². The summed E-state index contributed by atoms with van der Waals surface area (Å²) in [5.41, 5.74) is 0. The standard InChI is InChI=1S/C8H2F10O2/c9-2-3(10)20-8(19-2)5(13,14)1-4(11,12)6(15,16)7(8,17)18/h1H2. The summed E-state index contributed by atoms with van der Waals surface area (Å²) in [6.45, 7) is 0. The lowest BCUT2D eigenvalue weighted by Gasteiger charge is -2.48. The molecule has 0 unspecified atom stereocenters. The topological polar surface area (TPSA) is 18.5 Å². The summed E-state index contributed by atoms with van der Waals surface area (Å²) in [5.74, 6) is -29.4. The third-order valence-electron chi connectivity index (χ3n) is 2.81. The van der Waals surface area contributed by atoms with Crippen molar-refractivity contribution in [2.24, 2.45) is 0 Å². The molecule has 0 aromatic heterocycles. The first-order valence-corrected chi connectivity index (χ1v) is 4.66. The Morgan fingerprint density at radius 3 is 1.45 bits per heavy atom. The van der Waals surface area contributed by atoms with Crippen molar-refractivity contribution in [3.63, 3.8) is 0 Å². The predicted octanol–water partition coefficient (Wildman–Crippen LogP) is 3.74. The monoisotopic (exact) mass is 320 g/mol. The maximum Gasteiger partial charge on any atom is 0.397 e. The second kappa shape index (κ2) is 3.45.